The number of hydrogen-bond donors (Lipinski definition) is 0. The summed E-state index contributed by atoms with van der Waals surface area (Å²) >= 11 is 0. The monoisotopic (exact) mass is 425 g/mol. The van der Waals surface area contributed by atoms with Gasteiger partial charge < -0.3 is 19.1 Å². The van der Waals surface area contributed by atoms with Crippen LogP contribution in [0.5, 0.6) is 0 Å². The van der Waals surface area contributed by atoms with Gasteiger partial charge in [-0.25, -0.2) is 0 Å². The quantitative estimate of drug-likeness (QED) is 0.733. The number of nitrogens with zero attached hydrogens (tertiary/aromatic N) is 3. The Bertz CT molecular complexity index is 885. The highest BCUT2D eigenvalue weighted by Crippen LogP contribution is 2.26. The lowest BCUT2D eigenvalue weighted by molar-refractivity contribution is -0.134. The highest BCUT2D eigenvalue weighted by atomic mass is 16.5. The summed E-state index contributed by atoms with van der Waals surface area (Å²) in [5, 5.41) is 3.91. The van der Waals surface area contributed by atoms with Crippen molar-refractivity contribution in [3.05, 3.63) is 52.9 Å². The normalized spacial score (nSPS) is 20.7. The minimum absolute atomic E-state index is 0.00202. The Balaban J connectivity index is 1.55. The number of carbonyl (C=O) groups is 2. The second-order valence-corrected chi connectivity index (χ2v) is 8.64. The molecule has 2 heterocycles. The first-order valence-electron chi connectivity index (χ1n) is 11.2. The van der Waals surface area contributed by atoms with Gasteiger partial charge in [0, 0.05) is 19.1 Å². The van der Waals surface area contributed by atoms with E-state index in [1.54, 1.807) is 18.7 Å². The fraction of sp³-hybridized carbons (Fsp3) is 0.542. The lowest BCUT2D eigenvalue weighted by Crippen LogP contribution is -2.46. The van der Waals surface area contributed by atoms with Crippen molar-refractivity contribution in [2.24, 2.45) is 0 Å². The molecule has 31 heavy (non-hydrogen) atoms. The number of hydrogen-bond acceptors (Lipinski definition) is 5. The van der Waals surface area contributed by atoms with E-state index in [9.17, 15) is 9.59 Å². The third-order valence-corrected chi connectivity index (χ3v) is 6.35. The summed E-state index contributed by atoms with van der Waals surface area (Å²) in [5.74, 6) is 0.256. The molecule has 2 fully saturated rings. The van der Waals surface area contributed by atoms with Crippen LogP contribution >= 0.6 is 0 Å². The molecule has 2 aliphatic rings. The third kappa shape index (κ3) is 4.98. The lowest BCUT2D eigenvalue weighted by Gasteiger charge is -2.34. The number of rotatable bonds is 5. The van der Waals surface area contributed by atoms with Gasteiger partial charge in [0.25, 0.3) is 5.91 Å². The molecule has 2 amide bonds. The van der Waals surface area contributed by atoms with E-state index in [0.717, 1.165) is 31.2 Å². The molecule has 7 heteroatoms. The first kappa shape index (κ1) is 21.6. The second kappa shape index (κ2) is 9.64. The van der Waals surface area contributed by atoms with Crippen molar-refractivity contribution >= 4 is 11.8 Å². The molecule has 1 atom stereocenters. The number of amides is 2. The SMILES string of the molecule is Cc1noc(C)c1C(=O)N1CC(=O)N(C2CCCCC2)C[C@H](OCc2ccccc2)C1. The van der Waals surface area contributed by atoms with Crippen molar-refractivity contribution in [3.63, 3.8) is 0 Å². The first-order valence-corrected chi connectivity index (χ1v) is 11.2. The molecule has 0 radical (unpaired) electrons. The fourth-order valence-corrected chi connectivity index (χ4v) is 4.68. The van der Waals surface area contributed by atoms with Gasteiger partial charge in [-0.1, -0.05) is 54.8 Å². The number of aromatic nitrogens is 1. The molecular weight excluding hydrogens is 394 g/mol. The number of aryl methyl sites for hydroxylation is 2. The van der Waals surface area contributed by atoms with Gasteiger partial charge >= 0.3 is 0 Å². The van der Waals surface area contributed by atoms with Crippen molar-refractivity contribution in [1.82, 2.24) is 15.0 Å². The van der Waals surface area contributed by atoms with E-state index < -0.39 is 0 Å². The number of benzene rings is 1. The summed E-state index contributed by atoms with van der Waals surface area (Å²) < 4.78 is 11.4. The Hall–Kier alpha value is -2.67. The van der Waals surface area contributed by atoms with Gasteiger partial charge in [0.2, 0.25) is 5.91 Å². The summed E-state index contributed by atoms with van der Waals surface area (Å²) in [4.78, 5) is 30.1. The summed E-state index contributed by atoms with van der Waals surface area (Å²) in [6.45, 7) is 4.87. The minimum atomic E-state index is -0.252. The largest absolute Gasteiger partial charge is 0.370 e. The van der Waals surface area contributed by atoms with Crippen molar-refractivity contribution in [2.45, 2.75) is 64.7 Å². The molecule has 1 saturated carbocycles. The molecule has 0 unspecified atom stereocenters. The zero-order valence-electron chi connectivity index (χ0n) is 18.4. The van der Waals surface area contributed by atoms with Crippen LogP contribution in [0.2, 0.25) is 0 Å². The molecule has 0 spiro atoms. The van der Waals surface area contributed by atoms with Crippen LogP contribution in [-0.2, 0) is 16.1 Å². The average molecular weight is 426 g/mol. The van der Waals surface area contributed by atoms with Crippen LogP contribution in [0.3, 0.4) is 0 Å². The zero-order valence-corrected chi connectivity index (χ0v) is 18.4. The van der Waals surface area contributed by atoms with E-state index in [-0.39, 0.29) is 30.5 Å². The van der Waals surface area contributed by atoms with Crippen LogP contribution in [-0.4, -0.2) is 58.6 Å². The van der Waals surface area contributed by atoms with Crippen molar-refractivity contribution in [1.29, 1.82) is 0 Å². The summed E-state index contributed by atoms with van der Waals surface area (Å²) in [5.41, 5.74) is 2.07. The molecule has 0 N–H and O–H groups in total. The predicted molar refractivity (Wildman–Crippen MR) is 115 cm³/mol. The van der Waals surface area contributed by atoms with Crippen molar-refractivity contribution in [3.8, 4) is 0 Å². The second-order valence-electron chi connectivity index (χ2n) is 8.64. The van der Waals surface area contributed by atoms with Gasteiger partial charge in [0.15, 0.2) is 0 Å². The third-order valence-electron chi connectivity index (χ3n) is 6.35. The van der Waals surface area contributed by atoms with E-state index in [2.05, 4.69) is 5.16 Å². The Morgan fingerprint density at radius 1 is 1.13 bits per heavy atom. The van der Waals surface area contributed by atoms with Crippen LogP contribution < -0.4 is 0 Å². The Morgan fingerprint density at radius 3 is 2.55 bits per heavy atom. The molecule has 0 bridgehead atoms. The summed E-state index contributed by atoms with van der Waals surface area (Å²) in [7, 11) is 0. The molecule has 1 aromatic heterocycles. The standard InChI is InChI=1S/C24H31N3O4/c1-17-23(18(2)31-25-17)24(29)26-13-21(30-16-19-9-5-3-6-10-19)14-27(22(28)15-26)20-11-7-4-8-12-20/h3,5-6,9-10,20-21H,4,7-8,11-16H2,1-2H3/t21-/m1/s1. The number of ether oxygens (including phenoxy) is 1. The van der Waals surface area contributed by atoms with E-state index >= 15 is 0 Å². The van der Waals surface area contributed by atoms with Crippen molar-refractivity contribution < 1.29 is 18.8 Å². The molecule has 166 valence electrons. The van der Waals surface area contributed by atoms with Gasteiger partial charge in [-0.15, -0.1) is 0 Å². The molecular formula is C24H31N3O4. The number of carbonyl (C=O) groups excluding carboxylic acids is 2. The average Bonchev–Trinajstić information content (AvgIpc) is 3.03. The highest BCUT2D eigenvalue weighted by molar-refractivity contribution is 5.98. The maximum Gasteiger partial charge on any atom is 0.259 e. The minimum Gasteiger partial charge on any atom is -0.370 e. The maximum atomic E-state index is 13.3. The molecule has 1 aromatic carbocycles. The first-order chi connectivity index (χ1) is 15.0. The Kier molecular flexibility index (Phi) is 6.70. The van der Waals surface area contributed by atoms with Crippen LogP contribution in [0.25, 0.3) is 0 Å². The molecule has 4 rings (SSSR count). The van der Waals surface area contributed by atoms with E-state index in [1.165, 1.54) is 6.42 Å². The van der Waals surface area contributed by atoms with Gasteiger partial charge in [-0.3, -0.25) is 9.59 Å². The maximum absolute atomic E-state index is 13.3. The fourth-order valence-electron chi connectivity index (χ4n) is 4.68. The molecule has 1 aliphatic heterocycles. The topological polar surface area (TPSA) is 75.9 Å². The van der Waals surface area contributed by atoms with Crippen LogP contribution in [0.15, 0.2) is 34.9 Å². The predicted octanol–water partition coefficient (Wildman–Crippen LogP) is 3.49. The smallest absolute Gasteiger partial charge is 0.259 e. The lowest BCUT2D eigenvalue weighted by atomic mass is 9.94. The van der Waals surface area contributed by atoms with Crippen molar-refractivity contribution in [2.75, 3.05) is 19.6 Å². The van der Waals surface area contributed by atoms with Gasteiger partial charge in [0.05, 0.1) is 18.4 Å². The highest BCUT2D eigenvalue weighted by Gasteiger charge is 2.36. The van der Waals surface area contributed by atoms with Gasteiger partial charge in [-0.2, -0.15) is 0 Å². The molecule has 1 saturated heterocycles. The van der Waals surface area contributed by atoms with Gasteiger partial charge in [-0.05, 0) is 32.3 Å². The molecule has 1 aliphatic carbocycles. The van der Waals surface area contributed by atoms with Crippen LogP contribution in [0.4, 0.5) is 0 Å². The molecule has 2 aromatic rings. The van der Waals surface area contributed by atoms with E-state index in [4.69, 9.17) is 9.26 Å². The Morgan fingerprint density at radius 2 is 1.87 bits per heavy atom. The zero-order chi connectivity index (χ0) is 21.8. The molecule has 7 nitrogen and oxygen atoms in total. The van der Waals surface area contributed by atoms with Gasteiger partial charge in [0.1, 0.15) is 17.9 Å². The summed E-state index contributed by atoms with van der Waals surface area (Å²) in [6.07, 6.45) is 5.31. The van der Waals surface area contributed by atoms with E-state index in [0.29, 0.717) is 36.7 Å². The Labute approximate surface area is 183 Å². The van der Waals surface area contributed by atoms with E-state index in [1.807, 2.05) is 35.2 Å². The van der Waals surface area contributed by atoms with Crippen LogP contribution in [0, 0.1) is 13.8 Å². The van der Waals surface area contributed by atoms with Crippen LogP contribution in [0.1, 0.15) is 59.5 Å². The summed E-state index contributed by atoms with van der Waals surface area (Å²) in [6, 6.07) is 10.2.